The Balaban J connectivity index is 3.37. The Hall–Kier alpha value is -0.790. The largest absolute Gasteiger partial charge is 0.404 e. The number of hydrogen-bond acceptors (Lipinski definition) is 2. The summed E-state index contributed by atoms with van der Waals surface area (Å²) in [6.07, 6.45) is 3.15. The summed E-state index contributed by atoms with van der Waals surface area (Å²) in [5.74, 6) is 0.0718. The van der Waals surface area contributed by atoms with Crippen LogP contribution in [0, 0.1) is 0 Å². The molecule has 0 atom stereocenters. The molecule has 0 saturated heterocycles. The third-order valence-corrected chi connectivity index (χ3v) is 0.631. The summed E-state index contributed by atoms with van der Waals surface area (Å²) in [6, 6.07) is 0. The topological polar surface area (TPSA) is 43.1 Å². The molecule has 0 bridgehead atoms. The van der Waals surface area contributed by atoms with E-state index in [4.69, 9.17) is 5.73 Å². The quantitative estimate of drug-likeness (QED) is 0.510. The van der Waals surface area contributed by atoms with Crippen molar-refractivity contribution < 1.29 is 4.79 Å². The Morgan fingerprint density at radius 3 is 2.57 bits per heavy atom. The summed E-state index contributed by atoms with van der Waals surface area (Å²) in [6.45, 7) is 1.79. The van der Waals surface area contributed by atoms with Crippen molar-refractivity contribution in [2.24, 2.45) is 5.73 Å². The lowest BCUT2D eigenvalue weighted by Crippen LogP contribution is -1.89. The zero-order chi connectivity index (χ0) is 5.70. The molecule has 0 rings (SSSR count). The molecule has 2 nitrogen and oxygen atoms in total. The Kier molecular flexibility index (Phi) is 3.02. The van der Waals surface area contributed by atoms with Crippen LogP contribution >= 0.6 is 0 Å². The van der Waals surface area contributed by atoms with Crippen molar-refractivity contribution in [3.8, 4) is 0 Å². The predicted octanol–water partition coefficient (Wildman–Crippen LogP) is 0.438. The zero-order valence-electron chi connectivity index (χ0n) is 4.35. The van der Waals surface area contributed by atoms with E-state index in [2.05, 4.69) is 0 Å². The molecule has 0 fully saturated rings. The van der Waals surface area contributed by atoms with E-state index in [1.54, 1.807) is 6.92 Å². The Labute approximate surface area is 43.0 Å². The van der Waals surface area contributed by atoms with Crippen LogP contribution in [0.1, 0.15) is 13.3 Å². The van der Waals surface area contributed by atoms with Crippen molar-refractivity contribution in [1.82, 2.24) is 0 Å². The van der Waals surface area contributed by atoms with Crippen LogP contribution < -0.4 is 5.73 Å². The molecule has 0 aliphatic rings. The average molecular weight is 99.1 g/mol. The number of hydrogen-bond donors (Lipinski definition) is 1. The molecule has 0 radical (unpaired) electrons. The van der Waals surface area contributed by atoms with Crippen molar-refractivity contribution in [2.45, 2.75) is 13.3 Å². The van der Waals surface area contributed by atoms with Crippen molar-refractivity contribution in [3.05, 3.63) is 12.3 Å². The fraction of sp³-hybridized carbons (Fsp3) is 0.400. The summed E-state index contributed by atoms with van der Waals surface area (Å²) in [4.78, 5) is 10.2. The first-order valence-electron chi connectivity index (χ1n) is 2.22. The van der Waals surface area contributed by atoms with Crippen molar-refractivity contribution in [2.75, 3.05) is 0 Å². The molecule has 7 heavy (non-hydrogen) atoms. The molecule has 0 aliphatic heterocycles. The Bertz CT molecular complexity index is 86.1. The van der Waals surface area contributed by atoms with Crippen molar-refractivity contribution in [3.63, 3.8) is 0 Å². The summed E-state index contributed by atoms with van der Waals surface area (Å²) in [5, 5.41) is 0. The van der Waals surface area contributed by atoms with Gasteiger partial charge in [-0.15, -0.1) is 0 Å². The molecule has 0 aromatic carbocycles. The second kappa shape index (κ2) is 3.40. The smallest absolute Gasteiger partial charge is 0.156 e. The SMILES string of the molecule is CCC(=O)/C=C/N. The maximum atomic E-state index is 10.2. The molecule has 0 unspecified atom stereocenters. The van der Waals surface area contributed by atoms with Crippen LogP contribution in [0.2, 0.25) is 0 Å². The third kappa shape index (κ3) is 3.03. The predicted molar refractivity (Wildman–Crippen MR) is 28.6 cm³/mol. The number of rotatable bonds is 2. The number of ketones is 1. The standard InChI is InChI=1S/C5H9NO/c1-2-5(7)3-4-6/h3-4H,2,6H2,1H3/b4-3+. The van der Waals surface area contributed by atoms with Crippen molar-refractivity contribution in [1.29, 1.82) is 0 Å². The zero-order valence-corrected chi connectivity index (χ0v) is 4.35. The molecule has 0 aromatic rings. The Morgan fingerprint density at radius 2 is 2.43 bits per heavy atom. The lowest BCUT2D eigenvalue weighted by molar-refractivity contribution is -0.114. The minimum absolute atomic E-state index is 0.0718. The molecule has 0 spiro atoms. The average Bonchev–Trinajstić information content (AvgIpc) is 1.68. The second-order valence-electron chi connectivity index (χ2n) is 1.18. The van der Waals surface area contributed by atoms with Gasteiger partial charge in [0, 0.05) is 6.42 Å². The first-order chi connectivity index (χ1) is 3.31. The van der Waals surface area contributed by atoms with Crippen LogP contribution in [-0.2, 0) is 4.79 Å². The van der Waals surface area contributed by atoms with Crippen molar-refractivity contribution >= 4 is 5.78 Å². The van der Waals surface area contributed by atoms with E-state index in [1.807, 2.05) is 0 Å². The normalized spacial score (nSPS) is 9.86. The second-order valence-corrected chi connectivity index (χ2v) is 1.18. The van der Waals surface area contributed by atoms with Gasteiger partial charge in [-0.25, -0.2) is 0 Å². The fourth-order valence-electron chi connectivity index (χ4n) is 0.225. The van der Waals surface area contributed by atoms with E-state index in [0.29, 0.717) is 6.42 Å². The first-order valence-corrected chi connectivity index (χ1v) is 2.22. The van der Waals surface area contributed by atoms with Crippen LogP contribution in [0.25, 0.3) is 0 Å². The van der Waals surface area contributed by atoms with Crippen LogP contribution in [0.4, 0.5) is 0 Å². The van der Waals surface area contributed by atoms with Crippen LogP contribution in [0.5, 0.6) is 0 Å². The van der Waals surface area contributed by atoms with Gasteiger partial charge in [0.2, 0.25) is 0 Å². The summed E-state index contributed by atoms with van der Waals surface area (Å²) in [5.41, 5.74) is 4.90. The molecule has 0 heterocycles. The molecule has 0 aromatic heterocycles. The van der Waals surface area contributed by atoms with Gasteiger partial charge in [0.25, 0.3) is 0 Å². The molecule has 40 valence electrons. The molecular weight excluding hydrogens is 90.1 g/mol. The lowest BCUT2D eigenvalue weighted by Gasteiger charge is -1.78. The van der Waals surface area contributed by atoms with Crippen LogP contribution in [0.15, 0.2) is 12.3 Å². The van der Waals surface area contributed by atoms with E-state index < -0.39 is 0 Å². The lowest BCUT2D eigenvalue weighted by atomic mass is 10.3. The van der Waals surface area contributed by atoms with Gasteiger partial charge in [-0.3, -0.25) is 4.79 Å². The highest BCUT2D eigenvalue weighted by molar-refractivity contribution is 5.89. The minimum atomic E-state index is 0.0718. The molecule has 0 aliphatic carbocycles. The highest BCUT2D eigenvalue weighted by Gasteiger charge is 1.84. The van der Waals surface area contributed by atoms with E-state index in [1.165, 1.54) is 12.3 Å². The number of carbonyl (C=O) groups excluding carboxylic acids is 1. The van der Waals surface area contributed by atoms with Gasteiger partial charge >= 0.3 is 0 Å². The molecule has 0 saturated carbocycles. The maximum Gasteiger partial charge on any atom is 0.156 e. The van der Waals surface area contributed by atoms with Gasteiger partial charge in [0.1, 0.15) is 0 Å². The highest BCUT2D eigenvalue weighted by atomic mass is 16.1. The molecule has 0 amide bonds. The number of carbonyl (C=O) groups is 1. The van der Waals surface area contributed by atoms with Gasteiger partial charge in [-0.1, -0.05) is 6.92 Å². The van der Waals surface area contributed by atoms with Gasteiger partial charge < -0.3 is 5.73 Å². The van der Waals surface area contributed by atoms with Gasteiger partial charge in [0.15, 0.2) is 5.78 Å². The first kappa shape index (κ1) is 6.21. The van der Waals surface area contributed by atoms with Gasteiger partial charge in [-0.2, -0.15) is 0 Å². The van der Waals surface area contributed by atoms with Gasteiger partial charge in [0.05, 0.1) is 0 Å². The van der Waals surface area contributed by atoms with Crippen LogP contribution in [0.3, 0.4) is 0 Å². The van der Waals surface area contributed by atoms with E-state index in [0.717, 1.165) is 0 Å². The third-order valence-electron chi connectivity index (χ3n) is 0.631. The Morgan fingerprint density at radius 1 is 1.86 bits per heavy atom. The number of allylic oxidation sites excluding steroid dienone is 1. The monoisotopic (exact) mass is 99.1 g/mol. The highest BCUT2D eigenvalue weighted by Crippen LogP contribution is 1.78. The van der Waals surface area contributed by atoms with Crippen LogP contribution in [-0.4, -0.2) is 5.78 Å². The van der Waals surface area contributed by atoms with Gasteiger partial charge in [-0.05, 0) is 12.3 Å². The van der Waals surface area contributed by atoms with E-state index in [-0.39, 0.29) is 5.78 Å². The fourth-order valence-corrected chi connectivity index (χ4v) is 0.225. The summed E-state index contributed by atoms with van der Waals surface area (Å²) in [7, 11) is 0. The minimum Gasteiger partial charge on any atom is -0.404 e. The van der Waals surface area contributed by atoms with E-state index >= 15 is 0 Å². The summed E-state index contributed by atoms with van der Waals surface area (Å²) < 4.78 is 0. The maximum absolute atomic E-state index is 10.2. The van der Waals surface area contributed by atoms with E-state index in [9.17, 15) is 4.79 Å². The molecule has 2 heteroatoms. The summed E-state index contributed by atoms with van der Waals surface area (Å²) >= 11 is 0. The molecule has 2 N–H and O–H groups in total. The number of nitrogens with two attached hydrogens (primary N) is 1. The molecular formula is C5H9NO.